The van der Waals surface area contributed by atoms with Crippen molar-refractivity contribution in [2.24, 2.45) is 0 Å². The quantitative estimate of drug-likeness (QED) is 0.0261. The highest BCUT2D eigenvalue weighted by Crippen LogP contribution is 2.17. The van der Waals surface area contributed by atoms with Gasteiger partial charge < -0.3 is 14.2 Å². The monoisotopic (exact) mass is 1110 g/mol. The van der Waals surface area contributed by atoms with Crippen molar-refractivity contribution in [2.45, 2.75) is 341 Å². The zero-order valence-corrected chi connectivity index (χ0v) is 52.8. The second kappa shape index (κ2) is 67.8. The molecule has 0 heterocycles. The maximum Gasteiger partial charge on any atom is 0.306 e. The molecule has 0 fully saturated rings. The normalized spacial score (nSPS) is 12.7. The molecule has 0 aliphatic carbocycles. The van der Waals surface area contributed by atoms with Crippen LogP contribution in [0.1, 0.15) is 335 Å². The van der Waals surface area contributed by atoms with Gasteiger partial charge in [-0.3, -0.25) is 14.4 Å². The van der Waals surface area contributed by atoms with Gasteiger partial charge in [-0.15, -0.1) is 0 Å². The third-order valence-electron chi connectivity index (χ3n) is 14.8. The molecule has 460 valence electrons. The highest BCUT2D eigenvalue weighted by atomic mass is 16.6. The Morgan fingerprint density at radius 1 is 0.263 bits per heavy atom. The molecule has 1 unspecified atom stereocenters. The number of ether oxygens (including phenoxy) is 3. The van der Waals surface area contributed by atoms with Crippen LogP contribution in [0.25, 0.3) is 0 Å². The summed E-state index contributed by atoms with van der Waals surface area (Å²) in [6.45, 7) is 6.48. The summed E-state index contributed by atoms with van der Waals surface area (Å²) in [6.07, 6.45) is 91.5. The summed E-state index contributed by atoms with van der Waals surface area (Å²) in [7, 11) is 0. The Morgan fingerprint density at radius 2 is 0.500 bits per heavy atom. The lowest BCUT2D eigenvalue weighted by Gasteiger charge is -2.18. The van der Waals surface area contributed by atoms with Crippen molar-refractivity contribution in [1.29, 1.82) is 0 Å². The number of hydrogen-bond donors (Lipinski definition) is 0. The molecule has 0 bridgehead atoms. The van der Waals surface area contributed by atoms with E-state index in [0.29, 0.717) is 19.3 Å². The Bertz CT molecular complexity index is 1560. The molecule has 0 aliphatic rings. The lowest BCUT2D eigenvalue weighted by molar-refractivity contribution is -0.167. The third kappa shape index (κ3) is 65.1. The highest BCUT2D eigenvalue weighted by molar-refractivity contribution is 5.71. The summed E-state index contributed by atoms with van der Waals surface area (Å²) in [5, 5.41) is 0. The van der Waals surface area contributed by atoms with E-state index in [1.807, 2.05) is 0 Å². The van der Waals surface area contributed by atoms with Gasteiger partial charge >= 0.3 is 17.9 Å². The van der Waals surface area contributed by atoms with Gasteiger partial charge in [-0.25, -0.2) is 0 Å². The molecule has 0 N–H and O–H groups in total. The molecule has 1 atom stereocenters. The molecule has 80 heavy (non-hydrogen) atoms. The van der Waals surface area contributed by atoms with E-state index in [9.17, 15) is 14.4 Å². The second-order valence-corrected chi connectivity index (χ2v) is 22.7. The smallest absolute Gasteiger partial charge is 0.306 e. The van der Waals surface area contributed by atoms with Crippen LogP contribution < -0.4 is 0 Å². The summed E-state index contributed by atoms with van der Waals surface area (Å²) in [6, 6.07) is 0. The summed E-state index contributed by atoms with van der Waals surface area (Å²) < 4.78 is 16.9. The van der Waals surface area contributed by atoms with Crippen LogP contribution in [0, 0.1) is 0 Å². The van der Waals surface area contributed by atoms with E-state index in [1.54, 1.807) is 0 Å². The zero-order chi connectivity index (χ0) is 57.8. The number of allylic oxidation sites excluding steroid dienone is 16. The molecule has 6 heteroatoms. The molecule has 0 rings (SSSR count). The van der Waals surface area contributed by atoms with E-state index in [0.717, 1.165) is 103 Å². The molecule has 0 spiro atoms. The minimum atomic E-state index is -0.809. The molecule has 0 aliphatic heterocycles. The topological polar surface area (TPSA) is 78.9 Å². The van der Waals surface area contributed by atoms with Crippen LogP contribution in [0.3, 0.4) is 0 Å². The molecule has 0 radical (unpaired) electrons. The largest absolute Gasteiger partial charge is 0.462 e. The van der Waals surface area contributed by atoms with E-state index < -0.39 is 6.10 Å². The number of rotatable bonds is 62. The van der Waals surface area contributed by atoms with Crippen LogP contribution in [0.15, 0.2) is 97.2 Å². The fourth-order valence-corrected chi connectivity index (χ4v) is 9.72. The molecule has 0 aromatic heterocycles. The van der Waals surface area contributed by atoms with Crippen molar-refractivity contribution in [3.63, 3.8) is 0 Å². The fourth-order valence-electron chi connectivity index (χ4n) is 9.72. The first kappa shape index (κ1) is 76.3. The molecule has 0 aromatic carbocycles. The van der Waals surface area contributed by atoms with Gasteiger partial charge in [0.05, 0.1) is 0 Å². The summed E-state index contributed by atoms with van der Waals surface area (Å²) >= 11 is 0. The maximum absolute atomic E-state index is 12.9. The van der Waals surface area contributed by atoms with Crippen LogP contribution in [-0.4, -0.2) is 37.2 Å². The van der Waals surface area contributed by atoms with Crippen molar-refractivity contribution in [2.75, 3.05) is 13.2 Å². The molecular formula is C74H128O6. The van der Waals surface area contributed by atoms with Crippen molar-refractivity contribution in [1.82, 2.24) is 0 Å². The highest BCUT2D eigenvalue weighted by Gasteiger charge is 2.19. The number of unbranched alkanes of at least 4 members (excludes halogenated alkanes) is 35. The van der Waals surface area contributed by atoms with E-state index >= 15 is 0 Å². The third-order valence-corrected chi connectivity index (χ3v) is 14.8. The molecule has 6 nitrogen and oxygen atoms in total. The van der Waals surface area contributed by atoms with Gasteiger partial charge in [-0.1, -0.05) is 317 Å². The van der Waals surface area contributed by atoms with Crippen molar-refractivity contribution < 1.29 is 28.6 Å². The first-order valence-corrected chi connectivity index (χ1v) is 34.2. The van der Waals surface area contributed by atoms with Gasteiger partial charge in [-0.2, -0.15) is 0 Å². The van der Waals surface area contributed by atoms with Crippen LogP contribution >= 0.6 is 0 Å². The van der Waals surface area contributed by atoms with E-state index in [1.165, 1.54) is 186 Å². The number of hydrogen-bond acceptors (Lipinski definition) is 6. The summed E-state index contributed by atoms with van der Waals surface area (Å²) in [5.74, 6) is -0.959. The number of esters is 3. The molecule has 0 saturated carbocycles. The van der Waals surface area contributed by atoms with E-state index in [-0.39, 0.29) is 37.5 Å². The van der Waals surface area contributed by atoms with E-state index in [2.05, 4.69) is 118 Å². The fraction of sp³-hybridized carbons (Fsp3) is 0.743. The Kier molecular flexibility index (Phi) is 64.7. The van der Waals surface area contributed by atoms with Gasteiger partial charge in [0.15, 0.2) is 6.10 Å². The summed E-state index contributed by atoms with van der Waals surface area (Å²) in [5.41, 5.74) is 0. The van der Waals surface area contributed by atoms with Gasteiger partial charge in [0.25, 0.3) is 0 Å². The Balaban J connectivity index is 4.37. The number of carbonyl (C=O) groups excluding carboxylic acids is 3. The molecule has 0 saturated heterocycles. The molecular weight excluding hydrogens is 985 g/mol. The first-order chi connectivity index (χ1) is 39.5. The molecule has 0 aromatic rings. The van der Waals surface area contributed by atoms with Crippen LogP contribution in [0.5, 0.6) is 0 Å². The van der Waals surface area contributed by atoms with Crippen LogP contribution in [-0.2, 0) is 28.6 Å². The Hall–Kier alpha value is -3.67. The van der Waals surface area contributed by atoms with Gasteiger partial charge in [0.1, 0.15) is 13.2 Å². The lowest BCUT2D eigenvalue weighted by Crippen LogP contribution is -2.30. The Morgan fingerprint density at radius 3 is 0.838 bits per heavy atom. The lowest BCUT2D eigenvalue weighted by atomic mass is 10.0. The SMILES string of the molecule is CC/C=C\C/C=C\C/C=C\C/C=C\C/C=C\CCCC(=O)OCC(COC(=O)CCCCCCCCCCCCCCCCCCCCCCCCCCCC)OC(=O)CCCCCCCC/C=C\C/C=C\C/C=C\CCCCC. The minimum absolute atomic E-state index is 0.0986. The summed E-state index contributed by atoms with van der Waals surface area (Å²) in [4.78, 5) is 38.4. The minimum Gasteiger partial charge on any atom is -0.462 e. The van der Waals surface area contributed by atoms with Gasteiger partial charge in [-0.05, 0) is 96.3 Å². The average Bonchev–Trinajstić information content (AvgIpc) is 3.46. The zero-order valence-electron chi connectivity index (χ0n) is 52.8. The first-order valence-electron chi connectivity index (χ1n) is 34.2. The van der Waals surface area contributed by atoms with Crippen LogP contribution in [0.4, 0.5) is 0 Å². The predicted molar refractivity (Wildman–Crippen MR) is 348 cm³/mol. The number of carbonyl (C=O) groups is 3. The Labute approximate surface area is 496 Å². The van der Waals surface area contributed by atoms with Crippen molar-refractivity contribution >= 4 is 17.9 Å². The molecule has 0 amide bonds. The van der Waals surface area contributed by atoms with Crippen molar-refractivity contribution in [3.05, 3.63) is 97.2 Å². The predicted octanol–water partition coefficient (Wildman–Crippen LogP) is 23.6. The van der Waals surface area contributed by atoms with E-state index in [4.69, 9.17) is 14.2 Å². The van der Waals surface area contributed by atoms with Gasteiger partial charge in [0.2, 0.25) is 0 Å². The van der Waals surface area contributed by atoms with Crippen molar-refractivity contribution in [3.8, 4) is 0 Å². The van der Waals surface area contributed by atoms with Crippen LogP contribution in [0.2, 0.25) is 0 Å². The second-order valence-electron chi connectivity index (χ2n) is 22.7. The maximum atomic E-state index is 12.9. The standard InChI is InChI=1S/C74H128O6/c1-4-7-10-13-16-19-22-25-28-31-33-34-35-36-37-38-39-41-43-46-49-52-55-58-61-64-67-73(76)79-70-71(69-78-72(75)66-63-60-57-54-51-48-45-42-30-27-24-21-18-15-12-9-6-3)80-74(77)68-65-62-59-56-53-50-47-44-40-32-29-26-23-20-17-14-11-8-5-2/h9,12,17-18,20-21,26-27,29-30,40,44-45,48,54,57,71H,4-8,10-11,13-16,19,22-25,28,31-39,41-43,46-47,49-53,55-56,58-70H2,1-3H3/b12-9-,20-17-,21-18-,29-26-,30-27-,44-40-,48-45-,57-54-. The van der Waals surface area contributed by atoms with Gasteiger partial charge in [0, 0.05) is 19.3 Å². The average molecular weight is 1110 g/mol.